The van der Waals surface area contributed by atoms with Gasteiger partial charge < -0.3 is 19.7 Å². The van der Waals surface area contributed by atoms with E-state index in [-0.39, 0.29) is 11.5 Å². The van der Waals surface area contributed by atoms with Crippen LogP contribution in [0.4, 0.5) is 5.69 Å². The van der Waals surface area contributed by atoms with E-state index < -0.39 is 18.0 Å². The molecule has 8 heteroatoms. The summed E-state index contributed by atoms with van der Waals surface area (Å²) in [4.78, 5) is 39.9. The molecular formula is C24H25N3O5. The predicted molar refractivity (Wildman–Crippen MR) is 120 cm³/mol. The van der Waals surface area contributed by atoms with Crippen molar-refractivity contribution in [3.8, 4) is 0 Å². The number of aliphatic carboxylic acids is 1. The van der Waals surface area contributed by atoms with Gasteiger partial charge in [0.15, 0.2) is 5.78 Å². The second-order valence-electron chi connectivity index (χ2n) is 8.01. The van der Waals surface area contributed by atoms with E-state index in [1.165, 1.54) is 6.92 Å². The van der Waals surface area contributed by atoms with E-state index in [9.17, 15) is 24.6 Å². The average molecular weight is 435 g/mol. The second-order valence-corrected chi connectivity index (χ2v) is 8.01. The van der Waals surface area contributed by atoms with Crippen LogP contribution >= 0.6 is 0 Å². The van der Waals surface area contributed by atoms with Crippen LogP contribution < -0.4 is 4.90 Å². The highest BCUT2D eigenvalue weighted by Gasteiger charge is 2.36. The third-order valence-corrected chi connectivity index (χ3v) is 6.17. The van der Waals surface area contributed by atoms with Crippen LogP contribution in [0.2, 0.25) is 0 Å². The fourth-order valence-corrected chi connectivity index (χ4v) is 4.57. The number of carboxylic acids is 2. The number of carbonyl (C=O) groups excluding carboxylic acids is 1. The highest BCUT2D eigenvalue weighted by atomic mass is 16.4. The fourth-order valence-electron chi connectivity index (χ4n) is 4.57. The minimum Gasteiger partial charge on any atom is -0.480 e. The van der Waals surface area contributed by atoms with Gasteiger partial charge in [0.2, 0.25) is 0 Å². The van der Waals surface area contributed by atoms with Gasteiger partial charge in [-0.05, 0) is 37.3 Å². The van der Waals surface area contributed by atoms with Crippen molar-refractivity contribution in [2.75, 3.05) is 31.1 Å². The summed E-state index contributed by atoms with van der Waals surface area (Å²) in [5.41, 5.74) is 2.63. The van der Waals surface area contributed by atoms with Gasteiger partial charge in [0.25, 0.3) is 0 Å². The van der Waals surface area contributed by atoms with Gasteiger partial charge in [0, 0.05) is 60.9 Å². The molecule has 0 aliphatic carbocycles. The summed E-state index contributed by atoms with van der Waals surface area (Å²) in [7, 11) is 1.65. The Labute approximate surface area is 185 Å². The number of ketones is 1. The molecular weight excluding hydrogens is 410 g/mol. The van der Waals surface area contributed by atoms with Gasteiger partial charge in [0.05, 0.1) is 0 Å². The highest BCUT2D eigenvalue weighted by Crippen LogP contribution is 2.35. The molecule has 1 aromatic heterocycles. The third-order valence-electron chi connectivity index (χ3n) is 6.17. The van der Waals surface area contributed by atoms with Crippen molar-refractivity contribution in [3.05, 3.63) is 65.4 Å². The maximum absolute atomic E-state index is 12.4. The maximum Gasteiger partial charge on any atom is 0.352 e. The van der Waals surface area contributed by atoms with Gasteiger partial charge in [-0.3, -0.25) is 14.5 Å². The highest BCUT2D eigenvalue weighted by molar-refractivity contribution is 6.01. The molecule has 2 aromatic carbocycles. The Morgan fingerprint density at radius 3 is 2.09 bits per heavy atom. The topological polar surface area (TPSA) is 103 Å². The number of para-hydroxylation sites is 1. The Morgan fingerprint density at radius 2 is 1.53 bits per heavy atom. The number of Topliss-reactive ketones (excluding diaryl/α,β-unsaturated/α-hetero) is 1. The second kappa shape index (κ2) is 8.47. The van der Waals surface area contributed by atoms with Crippen LogP contribution in [0.25, 0.3) is 10.9 Å². The van der Waals surface area contributed by atoms with Crippen molar-refractivity contribution in [3.63, 3.8) is 0 Å². The molecule has 1 atom stereocenters. The molecule has 1 aliphatic rings. The van der Waals surface area contributed by atoms with Crippen LogP contribution in [-0.4, -0.2) is 63.6 Å². The van der Waals surface area contributed by atoms with Gasteiger partial charge >= 0.3 is 11.9 Å². The first kappa shape index (κ1) is 21.6. The molecule has 8 nitrogen and oxygen atoms in total. The molecule has 4 rings (SSSR count). The average Bonchev–Trinajstić information content (AvgIpc) is 3.07. The van der Waals surface area contributed by atoms with Crippen LogP contribution in [0.5, 0.6) is 0 Å². The van der Waals surface area contributed by atoms with Gasteiger partial charge in [-0.2, -0.15) is 0 Å². The summed E-state index contributed by atoms with van der Waals surface area (Å²) in [5, 5.41) is 20.6. The van der Waals surface area contributed by atoms with Crippen molar-refractivity contribution in [2.24, 2.45) is 7.05 Å². The third kappa shape index (κ3) is 3.73. The van der Waals surface area contributed by atoms with Crippen molar-refractivity contribution in [1.82, 2.24) is 9.47 Å². The molecule has 0 saturated carbocycles. The monoisotopic (exact) mass is 435 g/mol. The zero-order chi connectivity index (χ0) is 23.0. The summed E-state index contributed by atoms with van der Waals surface area (Å²) in [6.45, 7) is 3.65. The molecule has 2 heterocycles. The van der Waals surface area contributed by atoms with Crippen LogP contribution in [-0.2, 0) is 11.8 Å². The van der Waals surface area contributed by atoms with Crippen molar-refractivity contribution in [2.45, 2.75) is 13.0 Å². The molecule has 0 bridgehead atoms. The van der Waals surface area contributed by atoms with Crippen LogP contribution in [0.3, 0.4) is 0 Å². The van der Waals surface area contributed by atoms with Crippen molar-refractivity contribution in [1.29, 1.82) is 0 Å². The Morgan fingerprint density at radius 1 is 0.906 bits per heavy atom. The van der Waals surface area contributed by atoms with Gasteiger partial charge in [-0.25, -0.2) is 4.79 Å². The molecule has 0 spiro atoms. The van der Waals surface area contributed by atoms with Gasteiger partial charge in [0.1, 0.15) is 11.7 Å². The van der Waals surface area contributed by atoms with E-state index in [0.717, 1.165) is 5.69 Å². The number of benzene rings is 2. The number of fused-ring (bicyclic) bond motifs is 1. The number of piperazine rings is 1. The fraction of sp³-hybridized carbons (Fsp3) is 0.292. The maximum atomic E-state index is 12.4. The zero-order valence-electron chi connectivity index (χ0n) is 18.0. The van der Waals surface area contributed by atoms with Crippen molar-refractivity contribution < 1.29 is 24.6 Å². The van der Waals surface area contributed by atoms with E-state index >= 15 is 0 Å². The minimum absolute atomic E-state index is 0.000788. The smallest absolute Gasteiger partial charge is 0.352 e. The number of aryl methyl sites for hydroxylation is 1. The molecule has 0 radical (unpaired) electrons. The standard InChI is InChI=1S/C24H25N3O5/c1-15(28)16-7-9-17(10-8-16)26-11-13-27(14-12-26)22(24(31)32)20-18-5-3-4-6-19(18)25(2)21(20)23(29)30/h3-10,22H,11-14H2,1-2H3,(H,29,30)(H,31,32). The first-order valence-corrected chi connectivity index (χ1v) is 10.4. The number of aromatic carboxylic acids is 1. The molecule has 0 amide bonds. The lowest BCUT2D eigenvalue weighted by molar-refractivity contribution is -0.143. The molecule has 1 unspecified atom stereocenters. The summed E-state index contributed by atoms with van der Waals surface area (Å²) in [5.74, 6) is -2.20. The number of hydrogen-bond acceptors (Lipinski definition) is 5. The molecule has 166 valence electrons. The minimum atomic E-state index is -1.14. The number of aromatic nitrogens is 1. The quantitative estimate of drug-likeness (QED) is 0.574. The molecule has 1 saturated heterocycles. The zero-order valence-corrected chi connectivity index (χ0v) is 18.0. The number of carboxylic acid groups (broad SMARTS) is 2. The van der Waals surface area contributed by atoms with Gasteiger partial charge in [-0.15, -0.1) is 0 Å². The summed E-state index contributed by atoms with van der Waals surface area (Å²) in [6, 6.07) is 13.5. The predicted octanol–water partition coefficient (Wildman–Crippen LogP) is 3.03. The number of rotatable bonds is 6. The van der Waals surface area contributed by atoms with Crippen LogP contribution in [0.1, 0.15) is 39.4 Å². The molecule has 3 aromatic rings. The first-order valence-electron chi connectivity index (χ1n) is 10.4. The normalized spacial score (nSPS) is 15.6. The Balaban J connectivity index is 1.63. The molecule has 32 heavy (non-hydrogen) atoms. The number of carbonyl (C=O) groups is 3. The van der Waals surface area contributed by atoms with E-state index in [1.807, 2.05) is 23.1 Å². The number of anilines is 1. The lowest BCUT2D eigenvalue weighted by Crippen LogP contribution is -2.49. The van der Waals surface area contributed by atoms with Crippen LogP contribution in [0.15, 0.2) is 48.5 Å². The van der Waals surface area contributed by atoms with E-state index in [0.29, 0.717) is 48.2 Å². The van der Waals surface area contributed by atoms with E-state index in [1.54, 1.807) is 41.9 Å². The Kier molecular flexibility index (Phi) is 5.71. The molecule has 1 aliphatic heterocycles. The summed E-state index contributed by atoms with van der Waals surface area (Å²) >= 11 is 0. The van der Waals surface area contributed by atoms with Crippen LogP contribution in [0, 0.1) is 0 Å². The number of nitrogens with zero attached hydrogens (tertiary/aromatic N) is 3. The lowest BCUT2D eigenvalue weighted by atomic mass is 10.00. The molecule has 2 N–H and O–H groups in total. The van der Waals surface area contributed by atoms with E-state index in [2.05, 4.69) is 4.90 Å². The lowest BCUT2D eigenvalue weighted by Gasteiger charge is -2.39. The SMILES string of the molecule is CC(=O)c1ccc(N2CCN(C(C(=O)O)c3c(C(=O)O)n(C)c4ccccc34)CC2)cc1. The van der Waals surface area contributed by atoms with Gasteiger partial charge in [-0.1, -0.05) is 18.2 Å². The van der Waals surface area contributed by atoms with E-state index in [4.69, 9.17) is 0 Å². The largest absolute Gasteiger partial charge is 0.480 e. The van der Waals surface area contributed by atoms with Crippen molar-refractivity contribution >= 4 is 34.3 Å². The number of hydrogen-bond donors (Lipinski definition) is 2. The first-order chi connectivity index (χ1) is 15.3. The summed E-state index contributed by atoms with van der Waals surface area (Å²) in [6.07, 6.45) is 0. The summed E-state index contributed by atoms with van der Waals surface area (Å²) < 4.78 is 1.55. The Bertz CT molecular complexity index is 1190. The molecule has 1 fully saturated rings. The Hall–Kier alpha value is -3.65.